The number of aryl methyl sites for hydroxylation is 1. The lowest BCUT2D eigenvalue weighted by Gasteiger charge is -2.16. The van der Waals surface area contributed by atoms with Crippen LogP contribution in [0.4, 0.5) is 0 Å². The van der Waals surface area contributed by atoms with Crippen LogP contribution >= 0.6 is 0 Å². The standard InChI is InChI=1S/C17H17N3O/c1-12-6-2-3-7-13(12)15(18)10-20-11-19-16-9-5-4-8-14(16)17(20)21/h2-9,11,15H,10,18H2,1H3. The van der Waals surface area contributed by atoms with Gasteiger partial charge in [0.25, 0.3) is 5.56 Å². The van der Waals surface area contributed by atoms with Crippen molar-refractivity contribution in [2.75, 3.05) is 0 Å². The molecule has 0 amide bonds. The van der Waals surface area contributed by atoms with Gasteiger partial charge in [-0.3, -0.25) is 9.36 Å². The molecule has 1 unspecified atom stereocenters. The Morgan fingerprint density at radius 2 is 1.86 bits per heavy atom. The fourth-order valence-corrected chi connectivity index (χ4v) is 2.55. The first-order valence-electron chi connectivity index (χ1n) is 6.92. The molecule has 0 bridgehead atoms. The van der Waals surface area contributed by atoms with Crippen LogP contribution in [-0.4, -0.2) is 9.55 Å². The van der Waals surface area contributed by atoms with E-state index in [-0.39, 0.29) is 11.6 Å². The van der Waals surface area contributed by atoms with Crippen LogP contribution < -0.4 is 11.3 Å². The van der Waals surface area contributed by atoms with Crippen molar-refractivity contribution in [3.8, 4) is 0 Å². The van der Waals surface area contributed by atoms with Crippen molar-refractivity contribution in [2.24, 2.45) is 5.73 Å². The summed E-state index contributed by atoms with van der Waals surface area (Å²) >= 11 is 0. The maximum atomic E-state index is 12.4. The molecular weight excluding hydrogens is 262 g/mol. The van der Waals surface area contributed by atoms with E-state index in [1.807, 2.05) is 49.4 Å². The second kappa shape index (κ2) is 5.50. The quantitative estimate of drug-likeness (QED) is 0.801. The van der Waals surface area contributed by atoms with E-state index < -0.39 is 0 Å². The molecule has 1 atom stereocenters. The number of aromatic nitrogens is 2. The first kappa shape index (κ1) is 13.5. The Morgan fingerprint density at radius 3 is 2.67 bits per heavy atom. The molecule has 106 valence electrons. The zero-order valence-corrected chi connectivity index (χ0v) is 11.9. The molecule has 0 aliphatic carbocycles. The third kappa shape index (κ3) is 2.58. The molecule has 0 fully saturated rings. The fourth-order valence-electron chi connectivity index (χ4n) is 2.55. The minimum Gasteiger partial charge on any atom is -0.322 e. The first-order valence-corrected chi connectivity index (χ1v) is 6.92. The van der Waals surface area contributed by atoms with Crippen LogP contribution in [0, 0.1) is 6.92 Å². The summed E-state index contributed by atoms with van der Waals surface area (Å²) in [6.45, 7) is 2.44. The minimum absolute atomic E-state index is 0.0513. The third-order valence-corrected chi connectivity index (χ3v) is 3.71. The molecule has 0 saturated carbocycles. The molecule has 1 heterocycles. The lowest BCUT2D eigenvalue weighted by atomic mass is 10.0. The van der Waals surface area contributed by atoms with E-state index in [0.29, 0.717) is 17.4 Å². The van der Waals surface area contributed by atoms with Gasteiger partial charge in [-0.2, -0.15) is 0 Å². The number of rotatable bonds is 3. The number of hydrogen-bond acceptors (Lipinski definition) is 3. The van der Waals surface area contributed by atoms with Gasteiger partial charge >= 0.3 is 0 Å². The van der Waals surface area contributed by atoms with Crippen LogP contribution in [0.1, 0.15) is 17.2 Å². The molecule has 1 aromatic heterocycles. The smallest absolute Gasteiger partial charge is 0.261 e. The molecule has 3 aromatic rings. The van der Waals surface area contributed by atoms with Crippen molar-refractivity contribution in [1.82, 2.24) is 9.55 Å². The van der Waals surface area contributed by atoms with Crippen molar-refractivity contribution in [1.29, 1.82) is 0 Å². The van der Waals surface area contributed by atoms with E-state index in [0.717, 1.165) is 11.1 Å². The van der Waals surface area contributed by atoms with Gasteiger partial charge in [0.1, 0.15) is 0 Å². The summed E-state index contributed by atoms with van der Waals surface area (Å²) in [5, 5.41) is 0.622. The Kier molecular flexibility index (Phi) is 3.54. The molecule has 4 heteroatoms. The van der Waals surface area contributed by atoms with Crippen LogP contribution in [0.5, 0.6) is 0 Å². The van der Waals surface area contributed by atoms with Gasteiger partial charge in [-0.25, -0.2) is 4.98 Å². The SMILES string of the molecule is Cc1ccccc1C(N)Cn1cnc2ccccc2c1=O. The van der Waals surface area contributed by atoms with Gasteiger partial charge < -0.3 is 5.73 Å². The van der Waals surface area contributed by atoms with Crippen LogP contribution in [0.25, 0.3) is 10.9 Å². The molecule has 21 heavy (non-hydrogen) atoms. The summed E-state index contributed by atoms with van der Waals surface area (Å²) in [5.41, 5.74) is 9.10. The van der Waals surface area contributed by atoms with Crippen molar-refractivity contribution in [3.63, 3.8) is 0 Å². The molecular formula is C17H17N3O. The molecule has 0 spiro atoms. The highest BCUT2D eigenvalue weighted by Crippen LogP contribution is 2.16. The summed E-state index contributed by atoms with van der Waals surface area (Å²) in [4.78, 5) is 16.8. The normalized spacial score (nSPS) is 12.5. The van der Waals surface area contributed by atoms with Crippen molar-refractivity contribution < 1.29 is 0 Å². The highest BCUT2D eigenvalue weighted by Gasteiger charge is 2.11. The van der Waals surface area contributed by atoms with Crippen molar-refractivity contribution in [3.05, 3.63) is 76.3 Å². The zero-order chi connectivity index (χ0) is 14.8. The fraction of sp³-hybridized carbons (Fsp3) is 0.176. The van der Waals surface area contributed by atoms with Gasteiger partial charge in [-0.05, 0) is 30.2 Å². The second-order valence-electron chi connectivity index (χ2n) is 5.18. The number of nitrogens with two attached hydrogens (primary N) is 1. The lowest BCUT2D eigenvalue weighted by molar-refractivity contribution is 0.556. The Balaban J connectivity index is 1.97. The predicted molar refractivity (Wildman–Crippen MR) is 84.1 cm³/mol. The second-order valence-corrected chi connectivity index (χ2v) is 5.18. The molecule has 2 aromatic carbocycles. The number of benzene rings is 2. The molecule has 4 nitrogen and oxygen atoms in total. The molecule has 3 rings (SSSR count). The van der Waals surface area contributed by atoms with Gasteiger partial charge in [0.2, 0.25) is 0 Å². The monoisotopic (exact) mass is 279 g/mol. The molecule has 0 aliphatic rings. The Bertz CT molecular complexity index is 839. The van der Waals surface area contributed by atoms with Crippen LogP contribution in [0.15, 0.2) is 59.7 Å². The Labute approximate surface area is 122 Å². The summed E-state index contributed by atoms with van der Waals surface area (Å²) in [6, 6.07) is 15.1. The average Bonchev–Trinajstić information content (AvgIpc) is 2.51. The van der Waals surface area contributed by atoms with E-state index in [4.69, 9.17) is 5.73 Å². The molecule has 0 saturated heterocycles. The van der Waals surface area contributed by atoms with Gasteiger partial charge in [0.15, 0.2) is 0 Å². The zero-order valence-electron chi connectivity index (χ0n) is 11.9. The summed E-state index contributed by atoms with van der Waals surface area (Å²) < 4.78 is 1.58. The summed E-state index contributed by atoms with van der Waals surface area (Å²) in [6.07, 6.45) is 1.57. The van der Waals surface area contributed by atoms with E-state index in [9.17, 15) is 4.79 Å². The number of hydrogen-bond donors (Lipinski definition) is 1. The first-order chi connectivity index (χ1) is 10.2. The summed E-state index contributed by atoms with van der Waals surface area (Å²) in [7, 11) is 0. The maximum Gasteiger partial charge on any atom is 0.261 e. The van der Waals surface area contributed by atoms with E-state index in [2.05, 4.69) is 4.98 Å². The van der Waals surface area contributed by atoms with E-state index in [1.54, 1.807) is 17.0 Å². The average molecular weight is 279 g/mol. The van der Waals surface area contributed by atoms with Gasteiger partial charge in [-0.1, -0.05) is 36.4 Å². The van der Waals surface area contributed by atoms with Crippen molar-refractivity contribution in [2.45, 2.75) is 19.5 Å². The van der Waals surface area contributed by atoms with Crippen LogP contribution in [-0.2, 0) is 6.54 Å². The molecule has 0 radical (unpaired) electrons. The number of nitrogens with zero attached hydrogens (tertiary/aromatic N) is 2. The van der Waals surface area contributed by atoms with Gasteiger partial charge in [0.05, 0.1) is 17.2 Å². The largest absolute Gasteiger partial charge is 0.322 e. The number of para-hydroxylation sites is 1. The lowest BCUT2D eigenvalue weighted by Crippen LogP contribution is -2.27. The van der Waals surface area contributed by atoms with Crippen LogP contribution in [0.3, 0.4) is 0 Å². The van der Waals surface area contributed by atoms with Gasteiger partial charge in [0, 0.05) is 12.6 Å². The minimum atomic E-state index is -0.230. The molecule has 2 N–H and O–H groups in total. The van der Waals surface area contributed by atoms with E-state index >= 15 is 0 Å². The Hall–Kier alpha value is -2.46. The van der Waals surface area contributed by atoms with Crippen LogP contribution in [0.2, 0.25) is 0 Å². The topological polar surface area (TPSA) is 60.9 Å². The van der Waals surface area contributed by atoms with E-state index in [1.165, 1.54) is 0 Å². The summed E-state index contributed by atoms with van der Waals surface area (Å²) in [5.74, 6) is 0. The number of fused-ring (bicyclic) bond motifs is 1. The molecule has 0 aliphatic heterocycles. The highest BCUT2D eigenvalue weighted by molar-refractivity contribution is 5.76. The predicted octanol–water partition coefficient (Wildman–Crippen LogP) is 2.40. The highest BCUT2D eigenvalue weighted by atomic mass is 16.1. The van der Waals surface area contributed by atoms with Gasteiger partial charge in [-0.15, -0.1) is 0 Å². The Morgan fingerprint density at radius 1 is 1.14 bits per heavy atom. The van der Waals surface area contributed by atoms with Crippen molar-refractivity contribution >= 4 is 10.9 Å². The third-order valence-electron chi connectivity index (χ3n) is 3.71. The maximum absolute atomic E-state index is 12.4.